The van der Waals surface area contributed by atoms with E-state index in [1.807, 2.05) is 0 Å². The Morgan fingerprint density at radius 2 is 1.94 bits per heavy atom. The third kappa shape index (κ3) is 5.57. The van der Waals surface area contributed by atoms with Gasteiger partial charge in [-0.2, -0.15) is 13.2 Å². The van der Waals surface area contributed by atoms with E-state index in [0.29, 0.717) is 12.0 Å². The van der Waals surface area contributed by atoms with E-state index in [1.54, 1.807) is 0 Å². The van der Waals surface area contributed by atoms with Crippen LogP contribution in [-0.4, -0.2) is 42.8 Å². The van der Waals surface area contributed by atoms with Crippen LogP contribution in [0.25, 0.3) is 0 Å². The van der Waals surface area contributed by atoms with Crippen molar-refractivity contribution in [2.45, 2.75) is 58.3 Å². The monoisotopic (exact) mass is 266 g/mol. The van der Waals surface area contributed by atoms with E-state index < -0.39 is 12.7 Å². The van der Waals surface area contributed by atoms with Gasteiger partial charge in [-0.3, -0.25) is 4.90 Å². The standard InChI is InChI=1S/C13H25F3N2/c1-4-5-11-6-12(17-9-13(14,15)16)8-18(7-11)10(2)3/h10-12,17H,4-9H2,1-3H3. The van der Waals surface area contributed by atoms with Gasteiger partial charge in [0, 0.05) is 25.2 Å². The maximum Gasteiger partial charge on any atom is 0.401 e. The van der Waals surface area contributed by atoms with E-state index in [9.17, 15) is 13.2 Å². The molecule has 2 atom stereocenters. The predicted octanol–water partition coefficient (Wildman–Crippen LogP) is 3.04. The summed E-state index contributed by atoms with van der Waals surface area (Å²) in [7, 11) is 0. The van der Waals surface area contributed by atoms with Crippen LogP contribution in [0.2, 0.25) is 0 Å². The molecule has 1 heterocycles. The molecule has 0 bridgehead atoms. The summed E-state index contributed by atoms with van der Waals surface area (Å²) in [6.07, 6.45) is -1.04. The fraction of sp³-hybridized carbons (Fsp3) is 1.00. The van der Waals surface area contributed by atoms with Gasteiger partial charge in [0.1, 0.15) is 0 Å². The molecule has 0 amide bonds. The van der Waals surface area contributed by atoms with Gasteiger partial charge in [0.25, 0.3) is 0 Å². The molecule has 0 aromatic heterocycles. The fourth-order valence-corrected chi connectivity index (χ4v) is 2.69. The number of hydrogen-bond acceptors (Lipinski definition) is 2. The molecule has 0 radical (unpaired) electrons. The van der Waals surface area contributed by atoms with Gasteiger partial charge in [-0.1, -0.05) is 13.3 Å². The summed E-state index contributed by atoms with van der Waals surface area (Å²) in [4.78, 5) is 2.29. The van der Waals surface area contributed by atoms with Crippen LogP contribution in [0.1, 0.15) is 40.0 Å². The Labute approximate surface area is 108 Å². The first-order valence-electron chi connectivity index (χ1n) is 6.86. The lowest BCUT2D eigenvalue weighted by atomic mass is 9.90. The molecule has 1 saturated heterocycles. The lowest BCUT2D eigenvalue weighted by molar-refractivity contribution is -0.127. The van der Waals surface area contributed by atoms with Crippen LogP contribution >= 0.6 is 0 Å². The van der Waals surface area contributed by atoms with Gasteiger partial charge in [-0.05, 0) is 32.6 Å². The van der Waals surface area contributed by atoms with Gasteiger partial charge in [-0.15, -0.1) is 0 Å². The molecule has 0 aromatic carbocycles. The van der Waals surface area contributed by atoms with Crippen molar-refractivity contribution in [3.63, 3.8) is 0 Å². The quantitative estimate of drug-likeness (QED) is 0.823. The van der Waals surface area contributed by atoms with Crippen molar-refractivity contribution in [2.24, 2.45) is 5.92 Å². The Kier molecular flexibility index (Phi) is 5.92. The lowest BCUT2D eigenvalue weighted by Gasteiger charge is -2.40. The van der Waals surface area contributed by atoms with Crippen LogP contribution in [0.4, 0.5) is 13.2 Å². The molecule has 0 aromatic rings. The molecule has 2 nitrogen and oxygen atoms in total. The highest BCUT2D eigenvalue weighted by Crippen LogP contribution is 2.23. The van der Waals surface area contributed by atoms with E-state index in [4.69, 9.17) is 0 Å². The van der Waals surface area contributed by atoms with Crippen molar-refractivity contribution < 1.29 is 13.2 Å². The molecular formula is C13H25F3N2. The van der Waals surface area contributed by atoms with Crippen molar-refractivity contribution in [3.8, 4) is 0 Å². The highest BCUT2D eigenvalue weighted by atomic mass is 19.4. The molecule has 1 fully saturated rings. The molecule has 0 spiro atoms. The van der Waals surface area contributed by atoms with Gasteiger partial charge in [0.05, 0.1) is 6.54 Å². The average molecular weight is 266 g/mol. The molecule has 5 heteroatoms. The first kappa shape index (κ1) is 15.8. The minimum atomic E-state index is -4.11. The number of hydrogen-bond donors (Lipinski definition) is 1. The van der Waals surface area contributed by atoms with Gasteiger partial charge in [0.2, 0.25) is 0 Å². The summed E-state index contributed by atoms with van der Waals surface area (Å²) in [5, 5.41) is 2.67. The van der Waals surface area contributed by atoms with Crippen LogP contribution in [0.5, 0.6) is 0 Å². The van der Waals surface area contributed by atoms with Crippen molar-refractivity contribution in [2.75, 3.05) is 19.6 Å². The highest BCUT2D eigenvalue weighted by molar-refractivity contribution is 4.85. The number of halogens is 3. The Bertz CT molecular complexity index is 241. The van der Waals surface area contributed by atoms with Crippen LogP contribution in [0.15, 0.2) is 0 Å². The maximum absolute atomic E-state index is 12.2. The minimum Gasteiger partial charge on any atom is -0.305 e. The molecule has 108 valence electrons. The second kappa shape index (κ2) is 6.75. The first-order valence-corrected chi connectivity index (χ1v) is 6.86. The van der Waals surface area contributed by atoms with Gasteiger partial charge < -0.3 is 5.32 Å². The molecule has 18 heavy (non-hydrogen) atoms. The molecule has 0 aliphatic carbocycles. The van der Waals surface area contributed by atoms with Crippen LogP contribution in [-0.2, 0) is 0 Å². The smallest absolute Gasteiger partial charge is 0.305 e. The van der Waals surface area contributed by atoms with Crippen LogP contribution < -0.4 is 5.32 Å². The zero-order chi connectivity index (χ0) is 13.8. The zero-order valence-electron chi connectivity index (χ0n) is 11.6. The largest absolute Gasteiger partial charge is 0.401 e. The molecule has 1 aliphatic rings. The van der Waals surface area contributed by atoms with E-state index in [0.717, 1.165) is 32.4 Å². The van der Waals surface area contributed by atoms with Crippen LogP contribution in [0.3, 0.4) is 0 Å². The average Bonchev–Trinajstić information content (AvgIpc) is 2.25. The summed E-state index contributed by atoms with van der Waals surface area (Å²) in [6, 6.07) is 0.374. The van der Waals surface area contributed by atoms with E-state index in [1.165, 1.54) is 0 Å². The number of piperidine rings is 1. The first-order chi connectivity index (χ1) is 8.31. The molecular weight excluding hydrogens is 241 g/mol. The molecule has 1 aliphatic heterocycles. The highest BCUT2D eigenvalue weighted by Gasteiger charge is 2.32. The summed E-state index contributed by atoms with van der Waals surface area (Å²) < 4.78 is 36.7. The Hall–Kier alpha value is -0.290. The van der Waals surface area contributed by atoms with E-state index >= 15 is 0 Å². The summed E-state index contributed by atoms with van der Waals surface area (Å²) >= 11 is 0. The number of nitrogens with zero attached hydrogens (tertiary/aromatic N) is 1. The Morgan fingerprint density at radius 3 is 2.44 bits per heavy atom. The number of rotatable bonds is 5. The van der Waals surface area contributed by atoms with E-state index in [2.05, 4.69) is 31.0 Å². The van der Waals surface area contributed by atoms with Crippen molar-refractivity contribution in [1.29, 1.82) is 0 Å². The second-order valence-corrected chi connectivity index (χ2v) is 5.63. The normalized spacial score (nSPS) is 26.8. The molecule has 1 N–H and O–H groups in total. The van der Waals surface area contributed by atoms with E-state index in [-0.39, 0.29) is 6.04 Å². The summed E-state index contributed by atoms with van der Waals surface area (Å²) in [5.41, 5.74) is 0. The Balaban J connectivity index is 2.50. The van der Waals surface area contributed by atoms with Crippen molar-refractivity contribution in [3.05, 3.63) is 0 Å². The van der Waals surface area contributed by atoms with Gasteiger partial charge in [-0.25, -0.2) is 0 Å². The van der Waals surface area contributed by atoms with Crippen LogP contribution in [0, 0.1) is 5.92 Å². The number of likely N-dealkylation sites (tertiary alicyclic amines) is 1. The summed E-state index contributed by atoms with van der Waals surface area (Å²) in [5.74, 6) is 0.525. The summed E-state index contributed by atoms with van der Waals surface area (Å²) in [6.45, 7) is 7.23. The molecule has 0 saturated carbocycles. The van der Waals surface area contributed by atoms with Gasteiger partial charge in [0.15, 0.2) is 0 Å². The Morgan fingerprint density at radius 1 is 1.28 bits per heavy atom. The fourth-order valence-electron chi connectivity index (χ4n) is 2.69. The van der Waals surface area contributed by atoms with Gasteiger partial charge >= 0.3 is 6.18 Å². The third-order valence-electron chi connectivity index (χ3n) is 3.58. The third-order valence-corrected chi connectivity index (χ3v) is 3.58. The maximum atomic E-state index is 12.2. The lowest BCUT2D eigenvalue weighted by Crippen LogP contribution is -2.52. The zero-order valence-corrected chi connectivity index (χ0v) is 11.6. The number of alkyl halides is 3. The van der Waals surface area contributed by atoms with Crippen molar-refractivity contribution >= 4 is 0 Å². The SMILES string of the molecule is CCCC1CC(NCC(F)(F)F)CN(C(C)C)C1. The predicted molar refractivity (Wildman–Crippen MR) is 67.6 cm³/mol. The molecule has 2 unspecified atom stereocenters. The second-order valence-electron chi connectivity index (χ2n) is 5.63. The topological polar surface area (TPSA) is 15.3 Å². The van der Waals surface area contributed by atoms with Crippen molar-refractivity contribution in [1.82, 2.24) is 10.2 Å². The minimum absolute atomic E-state index is 0.0284. The molecule has 1 rings (SSSR count). The number of nitrogens with one attached hydrogen (secondary N) is 1.